The van der Waals surface area contributed by atoms with Gasteiger partial charge in [0.15, 0.2) is 0 Å². The Hall–Kier alpha value is -0.940. The van der Waals surface area contributed by atoms with E-state index in [4.69, 9.17) is 5.73 Å². The number of nitrogens with two attached hydrogens (primary N) is 1. The van der Waals surface area contributed by atoms with E-state index in [1.807, 2.05) is 24.0 Å². The minimum absolute atomic E-state index is 0.0266. The van der Waals surface area contributed by atoms with Crippen molar-refractivity contribution in [3.8, 4) is 0 Å². The van der Waals surface area contributed by atoms with E-state index in [0.29, 0.717) is 13.0 Å². The minimum atomic E-state index is -0.0886. The maximum Gasteiger partial charge on any atom is 0.223 e. The number of pyridine rings is 1. The molecule has 2 unspecified atom stereocenters. The van der Waals surface area contributed by atoms with Crippen LogP contribution >= 0.6 is 15.9 Å². The summed E-state index contributed by atoms with van der Waals surface area (Å²) in [5.41, 5.74) is 7.00. The van der Waals surface area contributed by atoms with Gasteiger partial charge in [-0.2, -0.15) is 0 Å². The first kappa shape index (κ1) is 12.5. The third-order valence-electron chi connectivity index (χ3n) is 3.15. The first-order valence-electron chi connectivity index (χ1n) is 5.80. The molecule has 1 amide bonds. The molecule has 2 N–H and O–H groups in total. The van der Waals surface area contributed by atoms with Crippen LogP contribution in [0.4, 0.5) is 0 Å². The lowest BCUT2D eigenvalue weighted by molar-refractivity contribution is -0.137. The zero-order valence-electron chi connectivity index (χ0n) is 9.77. The number of amides is 1. The van der Waals surface area contributed by atoms with Gasteiger partial charge in [-0.1, -0.05) is 0 Å². The predicted molar refractivity (Wildman–Crippen MR) is 69.3 cm³/mol. The van der Waals surface area contributed by atoms with Gasteiger partial charge in [0.2, 0.25) is 5.91 Å². The molecule has 4 nitrogen and oxygen atoms in total. The van der Waals surface area contributed by atoms with Crippen LogP contribution in [0.2, 0.25) is 0 Å². The SMILES string of the molecule is CCN1C(=O)CCC(N)C1c1ccc(Br)cn1. The summed E-state index contributed by atoms with van der Waals surface area (Å²) < 4.78 is 0.931. The number of aromatic nitrogens is 1. The molecule has 1 aromatic rings. The summed E-state index contributed by atoms with van der Waals surface area (Å²) in [6, 6.07) is 3.74. The van der Waals surface area contributed by atoms with Crippen molar-refractivity contribution in [1.82, 2.24) is 9.88 Å². The first-order chi connectivity index (χ1) is 8.13. The second kappa shape index (κ2) is 5.14. The van der Waals surface area contributed by atoms with E-state index in [9.17, 15) is 4.79 Å². The van der Waals surface area contributed by atoms with E-state index in [2.05, 4.69) is 20.9 Å². The number of likely N-dealkylation sites (N-methyl/N-ethyl adjacent to an activating group) is 1. The normalized spacial score (nSPS) is 25.1. The molecule has 0 radical (unpaired) electrons. The number of nitrogens with zero attached hydrogens (tertiary/aromatic N) is 2. The molecule has 17 heavy (non-hydrogen) atoms. The highest BCUT2D eigenvalue weighted by Crippen LogP contribution is 2.29. The highest BCUT2D eigenvalue weighted by molar-refractivity contribution is 9.10. The average Bonchev–Trinajstić information content (AvgIpc) is 2.33. The Morgan fingerprint density at radius 1 is 1.59 bits per heavy atom. The van der Waals surface area contributed by atoms with Gasteiger partial charge in [0, 0.05) is 29.7 Å². The summed E-state index contributed by atoms with van der Waals surface area (Å²) in [7, 11) is 0. The summed E-state index contributed by atoms with van der Waals surface area (Å²) >= 11 is 3.35. The third-order valence-corrected chi connectivity index (χ3v) is 3.62. The van der Waals surface area contributed by atoms with Crippen molar-refractivity contribution >= 4 is 21.8 Å². The van der Waals surface area contributed by atoms with Crippen molar-refractivity contribution in [3.63, 3.8) is 0 Å². The van der Waals surface area contributed by atoms with Crippen molar-refractivity contribution < 1.29 is 4.79 Å². The number of rotatable bonds is 2. The Morgan fingerprint density at radius 3 is 2.94 bits per heavy atom. The van der Waals surface area contributed by atoms with Gasteiger partial charge >= 0.3 is 0 Å². The molecule has 2 rings (SSSR count). The Bertz CT molecular complexity index is 407. The molecule has 2 atom stereocenters. The number of hydrogen-bond donors (Lipinski definition) is 1. The summed E-state index contributed by atoms with van der Waals surface area (Å²) in [5.74, 6) is 0.170. The van der Waals surface area contributed by atoms with Crippen LogP contribution in [0.5, 0.6) is 0 Å². The van der Waals surface area contributed by atoms with Gasteiger partial charge in [-0.15, -0.1) is 0 Å². The van der Waals surface area contributed by atoms with Crippen molar-refractivity contribution in [2.45, 2.75) is 31.8 Å². The van der Waals surface area contributed by atoms with Crippen molar-refractivity contribution in [1.29, 1.82) is 0 Å². The largest absolute Gasteiger partial charge is 0.333 e. The molecule has 1 aliphatic rings. The Balaban J connectivity index is 2.32. The molecular formula is C12H16BrN3O. The highest BCUT2D eigenvalue weighted by atomic mass is 79.9. The lowest BCUT2D eigenvalue weighted by Gasteiger charge is -2.38. The number of hydrogen-bond acceptors (Lipinski definition) is 3. The smallest absolute Gasteiger partial charge is 0.223 e. The topological polar surface area (TPSA) is 59.2 Å². The molecule has 1 fully saturated rings. The Kier molecular flexibility index (Phi) is 3.79. The van der Waals surface area contributed by atoms with Gasteiger partial charge in [0.05, 0.1) is 11.7 Å². The van der Waals surface area contributed by atoms with E-state index in [1.54, 1.807) is 6.20 Å². The minimum Gasteiger partial charge on any atom is -0.333 e. The number of likely N-dealkylation sites (tertiary alicyclic amines) is 1. The van der Waals surface area contributed by atoms with Gasteiger partial charge < -0.3 is 10.6 Å². The zero-order valence-corrected chi connectivity index (χ0v) is 11.4. The molecule has 0 aliphatic carbocycles. The van der Waals surface area contributed by atoms with Crippen LogP contribution < -0.4 is 5.73 Å². The number of carbonyl (C=O) groups is 1. The quantitative estimate of drug-likeness (QED) is 0.906. The fourth-order valence-corrected chi connectivity index (χ4v) is 2.53. The van der Waals surface area contributed by atoms with Crippen molar-refractivity contribution in [2.75, 3.05) is 6.54 Å². The van der Waals surface area contributed by atoms with E-state index < -0.39 is 0 Å². The van der Waals surface area contributed by atoms with Gasteiger partial charge in [0.1, 0.15) is 0 Å². The standard InChI is InChI=1S/C12H16BrN3O/c1-2-16-11(17)6-4-9(14)12(16)10-5-3-8(13)7-15-10/h3,5,7,9,12H,2,4,6,14H2,1H3. The number of halogens is 1. The third kappa shape index (κ3) is 2.50. The van der Waals surface area contributed by atoms with Crippen molar-refractivity contribution in [2.24, 2.45) is 5.73 Å². The maximum absolute atomic E-state index is 11.9. The number of piperidine rings is 1. The fourth-order valence-electron chi connectivity index (χ4n) is 2.29. The molecule has 1 aromatic heterocycles. The zero-order chi connectivity index (χ0) is 12.4. The molecule has 5 heteroatoms. The highest BCUT2D eigenvalue weighted by Gasteiger charge is 2.34. The molecule has 92 valence electrons. The van der Waals surface area contributed by atoms with Crippen LogP contribution in [-0.2, 0) is 4.79 Å². The summed E-state index contributed by atoms with van der Waals surface area (Å²) in [5, 5.41) is 0. The van der Waals surface area contributed by atoms with Gasteiger partial charge in [-0.3, -0.25) is 9.78 Å². The molecule has 0 bridgehead atoms. The van der Waals surface area contributed by atoms with Crippen LogP contribution in [0.3, 0.4) is 0 Å². The monoisotopic (exact) mass is 297 g/mol. The molecule has 0 saturated carbocycles. The van der Waals surface area contributed by atoms with E-state index >= 15 is 0 Å². The summed E-state index contributed by atoms with van der Waals surface area (Å²) in [6.45, 7) is 2.65. The van der Waals surface area contributed by atoms with Crippen LogP contribution in [0.15, 0.2) is 22.8 Å². The van der Waals surface area contributed by atoms with Crippen molar-refractivity contribution in [3.05, 3.63) is 28.5 Å². The predicted octanol–water partition coefficient (Wildman–Crippen LogP) is 1.85. The summed E-state index contributed by atoms with van der Waals surface area (Å²) in [4.78, 5) is 18.0. The molecule has 1 saturated heterocycles. The van der Waals surface area contributed by atoms with Gasteiger partial charge in [-0.25, -0.2) is 0 Å². The maximum atomic E-state index is 11.9. The van der Waals surface area contributed by atoms with Crippen LogP contribution in [0, 0.1) is 0 Å². The van der Waals surface area contributed by atoms with E-state index in [0.717, 1.165) is 16.6 Å². The van der Waals surface area contributed by atoms with Crippen LogP contribution in [0.25, 0.3) is 0 Å². The van der Waals surface area contributed by atoms with Gasteiger partial charge in [-0.05, 0) is 41.4 Å². The lowest BCUT2D eigenvalue weighted by Crippen LogP contribution is -2.48. The Labute approximate surface area is 109 Å². The first-order valence-corrected chi connectivity index (χ1v) is 6.59. The van der Waals surface area contributed by atoms with Crippen LogP contribution in [-0.4, -0.2) is 28.4 Å². The van der Waals surface area contributed by atoms with E-state index in [1.165, 1.54) is 0 Å². The molecular weight excluding hydrogens is 282 g/mol. The van der Waals surface area contributed by atoms with Gasteiger partial charge in [0.25, 0.3) is 0 Å². The average molecular weight is 298 g/mol. The second-order valence-corrected chi connectivity index (χ2v) is 5.14. The molecule has 0 aromatic carbocycles. The summed E-state index contributed by atoms with van der Waals surface area (Å²) in [6.07, 6.45) is 3.02. The number of carbonyl (C=O) groups excluding carboxylic acids is 1. The van der Waals surface area contributed by atoms with E-state index in [-0.39, 0.29) is 18.0 Å². The fraction of sp³-hybridized carbons (Fsp3) is 0.500. The molecule has 0 spiro atoms. The Morgan fingerprint density at radius 2 is 2.35 bits per heavy atom. The van der Waals surface area contributed by atoms with Crippen LogP contribution in [0.1, 0.15) is 31.5 Å². The second-order valence-electron chi connectivity index (χ2n) is 4.23. The molecule has 1 aliphatic heterocycles. The lowest BCUT2D eigenvalue weighted by atomic mass is 9.93. The molecule has 2 heterocycles.